The van der Waals surface area contributed by atoms with E-state index in [1.54, 1.807) is 7.11 Å². The van der Waals surface area contributed by atoms with Crippen molar-refractivity contribution >= 4 is 21.5 Å². The molecule has 0 spiro atoms. The van der Waals surface area contributed by atoms with Gasteiger partial charge in [-0.1, -0.05) is 97.1 Å². The highest BCUT2D eigenvalue weighted by Crippen LogP contribution is 2.45. The third-order valence-corrected chi connectivity index (χ3v) is 6.53. The maximum atomic E-state index is 5.46. The Hall–Kier alpha value is -4.36. The number of rotatable bonds is 4. The number of benzene rings is 6. The van der Waals surface area contributed by atoms with Gasteiger partial charge >= 0.3 is 0 Å². The van der Waals surface area contributed by atoms with Crippen LogP contribution in [0.3, 0.4) is 0 Å². The van der Waals surface area contributed by atoms with Gasteiger partial charge in [-0.05, 0) is 85.3 Å². The summed E-state index contributed by atoms with van der Waals surface area (Å²) >= 11 is 0. The highest BCUT2D eigenvalue weighted by molar-refractivity contribution is 6.13. The zero-order chi connectivity index (χ0) is 22.9. The Morgan fingerprint density at radius 3 is 1.65 bits per heavy atom. The molecular weight excluding hydrogens is 412 g/mol. The fourth-order valence-corrected chi connectivity index (χ4v) is 4.90. The van der Waals surface area contributed by atoms with Crippen molar-refractivity contribution in [3.05, 3.63) is 127 Å². The SMILES string of the molecule is COc1ccc(-c2c(-c3ccccc3)c(-c3ccccc3)cc3cc4ccccc4cc23)cc1. The average molecular weight is 437 g/mol. The third kappa shape index (κ3) is 3.52. The van der Waals surface area contributed by atoms with Crippen LogP contribution in [0.2, 0.25) is 0 Å². The molecule has 0 unspecified atom stereocenters. The summed E-state index contributed by atoms with van der Waals surface area (Å²) in [6.45, 7) is 0. The van der Waals surface area contributed by atoms with E-state index in [-0.39, 0.29) is 0 Å². The van der Waals surface area contributed by atoms with Crippen molar-refractivity contribution in [2.45, 2.75) is 0 Å². The molecule has 0 amide bonds. The fraction of sp³-hybridized carbons (Fsp3) is 0.0303. The molecule has 1 heteroatoms. The van der Waals surface area contributed by atoms with Crippen LogP contribution in [0.15, 0.2) is 127 Å². The van der Waals surface area contributed by atoms with Crippen molar-refractivity contribution in [1.29, 1.82) is 0 Å². The Labute approximate surface area is 199 Å². The molecule has 0 radical (unpaired) electrons. The van der Waals surface area contributed by atoms with E-state index in [0.29, 0.717) is 0 Å². The van der Waals surface area contributed by atoms with Gasteiger partial charge in [-0.3, -0.25) is 0 Å². The summed E-state index contributed by atoms with van der Waals surface area (Å²) < 4.78 is 5.46. The lowest BCUT2D eigenvalue weighted by atomic mass is 9.83. The summed E-state index contributed by atoms with van der Waals surface area (Å²) in [7, 11) is 1.71. The molecule has 0 aliphatic rings. The predicted molar refractivity (Wildman–Crippen MR) is 144 cm³/mol. The molecule has 0 aromatic heterocycles. The minimum absolute atomic E-state index is 0.860. The second-order valence-corrected chi connectivity index (χ2v) is 8.56. The Morgan fingerprint density at radius 2 is 1.00 bits per heavy atom. The number of hydrogen-bond donors (Lipinski definition) is 0. The smallest absolute Gasteiger partial charge is 0.118 e. The molecule has 6 aromatic rings. The van der Waals surface area contributed by atoms with Gasteiger partial charge in [-0.2, -0.15) is 0 Å². The van der Waals surface area contributed by atoms with E-state index in [4.69, 9.17) is 4.74 Å². The van der Waals surface area contributed by atoms with Crippen molar-refractivity contribution in [2.24, 2.45) is 0 Å². The van der Waals surface area contributed by atoms with Crippen LogP contribution in [0.5, 0.6) is 5.75 Å². The van der Waals surface area contributed by atoms with Crippen molar-refractivity contribution in [3.63, 3.8) is 0 Å². The zero-order valence-corrected chi connectivity index (χ0v) is 19.0. The Kier molecular flexibility index (Phi) is 5.08. The van der Waals surface area contributed by atoms with E-state index in [9.17, 15) is 0 Å². The van der Waals surface area contributed by atoms with Gasteiger partial charge in [-0.15, -0.1) is 0 Å². The summed E-state index contributed by atoms with van der Waals surface area (Å²) in [5.74, 6) is 0.860. The lowest BCUT2D eigenvalue weighted by molar-refractivity contribution is 0.415. The topological polar surface area (TPSA) is 9.23 Å². The molecule has 6 rings (SSSR count). The van der Waals surface area contributed by atoms with Gasteiger partial charge < -0.3 is 4.74 Å². The van der Waals surface area contributed by atoms with Crippen LogP contribution < -0.4 is 4.74 Å². The first-order chi connectivity index (χ1) is 16.8. The molecule has 34 heavy (non-hydrogen) atoms. The van der Waals surface area contributed by atoms with Gasteiger partial charge in [0.15, 0.2) is 0 Å². The highest BCUT2D eigenvalue weighted by atomic mass is 16.5. The molecule has 0 saturated heterocycles. The molecule has 0 saturated carbocycles. The molecule has 0 N–H and O–H groups in total. The lowest BCUT2D eigenvalue weighted by Gasteiger charge is -2.20. The normalized spacial score (nSPS) is 11.1. The largest absolute Gasteiger partial charge is 0.497 e. The number of ether oxygens (including phenoxy) is 1. The van der Waals surface area contributed by atoms with Crippen molar-refractivity contribution in [1.82, 2.24) is 0 Å². The highest BCUT2D eigenvalue weighted by Gasteiger charge is 2.18. The summed E-state index contributed by atoms with van der Waals surface area (Å²) in [6.07, 6.45) is 0. The third-order valence-electron chi connectivity index (χ3n) is 6.53. The monoisotopic (exact) mass is 436 g/mol. The fourth-order valence-electron chi connectivity index (χ4n) is 4.90. The quantitative estimate of drug-likeness (QED) is 0.251. The van der Waals surface area contributed by atoms with Crippen LogP contribution in [0, 0.1) is 0 Å². The number of fused-ring (bicyclic) bond motifs is 2. The minimum Gasteiger partial charge on any atom is -0.497 e. The Bertz CT molecular complexity index is 1600. The predicted octanol–water partition coefficient (Wildman–Crippen LogP) is 9.00. The van der Waals surface area contributed by atoms with Crippen LogP contribution in [0.25, 0.3) is 54.9 Å². The molecule has 162 valence electrons. The summed E-state index contributed by atoms with van der Waals surface area (Å²) in [4.78, 5) is 0. The summed E-state index contributed by atoms with van der Waals surface area (Å²) in [5.41, 5.74) is 7.34. The maximum Gasteiger partial charge on any atom is 0.118 e. The lowest BCUT2D eigenvalue weighted by Crippen LogP contribution is -1.94. The first kappa shape index (κ1) is 20.3. The average Bonchev–Trinajstić information content (AvgIpc) is 2.92. The Morgan fingerprint density at radius 1 is 0.441 bits per heavy atom. The molecular formula is C33H24O. The molecule has 0 aliphatic heterocycles. The number of hydrogen-bond acceptors (Lipinski definition) is 1. The zero-order valence-electron chi connectivity index (χ0n) is 19.0. The van der Waals surface area contributed by atoms with E-state index in [1.165, 1.54) is 54.9 Å². The molecule has 0 bridgehead atoms. The van der Waals surface area contributed by atoms with Crippen LogP contribution >= 0.6 is 0 Å². The van der Waals surface area contributed by atoms with Crippen LogP contribution in [0.1, 0.15) is 0 Å². The molecule has 0 aliphatic carbocycles. The van der Waals surface area contributed by atoms with Crippen LogP contribution in [-0.4, -0.2) is 7.11 Å². The first-order valence-corrected chi connectivity index (χ1v) is 11.6. The minimum atomic E-state index is 0.860. The van der Waals surface area contributed by atoms with E-state index < -0.39 is 0 Å². The van der Waals surface area contributed by atoms with E-state index in [0.717, 1.165) is 5.75 Å². The molecule has 0 heterocycles. The molecule has 0 fully saturated rings. The van der Waals surface area contributed by atoms with Crippen molar-refractivity contribution < 1.29 is 4.74 Å². The maximum absolute atomic E-state index is 5.46. The van der Waals surface area contributed by atoms with Gasteiger partial charge in [0.1, 0.15) is 5.75 Å². The van der Waals surface area contributed by atoms with Crippen molar-refractivity contribution in [3.8, 4) is 39.1 Å². The van der Waals surface area contributed by atoms with E-state index in [1.807, 2.05) is 12.1 Å². The van der Waals surface area contributed by atoms with Gasteiger partial charge in [0, 0.05) is 0 Å². The molecule has 1 nitrogen and oxygen atoms in total. The first-order valence-electron chi connectivity index (χ1n) is 11.6. The van der Waals surface area contributed by atoms with Gasteiger partial charge in [0.2, 0.25) is 0 Å². The Balaban J connectivity index is 1.80. The molecule has 0 atom stereocenters. The second kappa shape index (κ2) is 8.53. The number of methoxy groups -OCH3 is 1. The van der Waals surface area contributed by atoms with Crippen LogP contribution in [-0.2, 0) is 0 Å². The van der Waals surface area contributed by atoms with Gasteiger partial charge in [0.05, 0.1) is 7.11 Å². The standard InChI is InChI=1S/C33H24O/c1-34-29-18-16-25(17-19-29)33-31-21-27-15-9-8-14-26(27)20-28(31)22-30(23-10-4-2-5-11-23)32(33)24-12-6-3-7-13-24/h2-22H,1H3. The van der Waals surface area contributed by atoms with Crippen molar-refractivity contribution in [2.75, 3.05) is 7.11 Å². The molecule has 6 aromatic carbocycles. The van der Waals surface area contributed by atoms with Gasteiger partial charge in [0.25, 0.3) is 0 Å². The summed E-state index contributed by atoms with van der Waals surface area (Å²) in [6, 6.07) is 45.5. The van der Waals surface area contributed by atoms with Crippen LogP contribution in [0.4, 0.5) is 0 Å². The second-order valence-electron chi connectivity index (χ2n) is 8.56. The van der Waals surface area contributed by atoms with E-state index in [2.05, 4.69) is 115 Å². The van der Waals surface area contributed by atoms with Gasteiger partial charge in [-0.25, -0.2) is 0 Å². The van der Waals surface area contributed by atoms with E-state index >= 15 is 0 Å². The summed E-state index contributed by atoms with van der Waals surface area (Å²) in [5, 5.41) is 4.99.